The van der Waals surface area contributed by atoms with E-state index in [9.17, 15) is 9.59 Å². The molecule has 1 rings (SSSR count). The lowest BCUT2D eigenvalue weighted by atomic mass is 10.1. The summed E-state index contributed by atoms with van der Waals surface area (Å²) in [6, 6.07) is 3.14. The van der Waals surface area contributed by atoms with Crippen molar-refractivity contribution in [2.75, 3.05) is 6.54 Å². The van der Waals surface area contributed by atoms with Crippen molar-refractivity contribution in [1.82, 2.24) is 5.32 Å². The smallest absolute Gasteiger partial charge is 0.404 e. The summed E-state index contributed by atoms with van der Waals surface area (Å²) in [6.45, 7) is 0.346. The van der Waals surface area contributed by atoms with E-state index in [2.05, 4.69) is 5.32 Å². The summed E-state index contributed by atoms with van der Waals surface area (Å²) in [6.07, 6.45) is 0.801. The Labute approximate surface area is 109 Å². The number of aldehydes is 1. The van der Waals surface area contributed by atoms with Gasteiger partial charge in [-0.2, -0.15) is 0 Å². The Bertz CT molecular complexity index is 435. The summed E-state index contributed by atoms with van der Waals surface area (Å²) in [5.74, 6) is 0. The van der Waals surface area contributed by atoms with Crippen LogP contribution in [0.3, 0.4) is 0 Å². The minimum absolute atomic E-state index is 0.346. The number of aryl methyl sites for hydroxylation is 1. The molecule has 1 aromatic carbocycles. The molecule has 0 bridgehead atoms. The predicted octanol–water partition coefficient (Wildman–Crippen LogP) is 3.01. The first-order chi connectivity index (χ1) is 8.04. The zero-order valence-corrected chi connectivity index (χ0v) is 10.4. The molecule has 0 aliphatic carbocycles. The molecule has 0 aromatic heterocycles. The van der Waals surface area contributed by atoms with Crippen LogP contribution < -0.4 is 5.32 Å². The highest BCUT2D eigenvalue weighted by Gasteiger charge is 2.06. The Morgan fingerprint density at radius 2 is 2.06 bits per heavy atom. The van der Waals surface area contributed by atoms with E-state index in [0.29, 0.717) is 41.3 Å². The average molecular weight is 276 g/mol. The number of carbonyl (C=O) groups is 2. The molecule has 0 aliphatic rings. The van der Waals surface area contributed by atoms with Gasteiger partial charge in [-0.05, 0) is 30.5 Å². The van der Waals surface area contributed by atoms with Gasteiger partial charge in [0, 0.05) is 17.1 Å². The largest absolute Gasteiger partial charge is 0.465 e. The lowest BCUT2D eigenvalue weighted by Gasteiger charge is -2.06. The molecule has 0 aliphatic heterocycles. The molecule has 0 radical (unpaired) electrons. The molecule has 2 N–H and O–H groups in total. The number of benzene rings is 1. The van der Waals surface area contributed by atoms with Gasteiger partial charge in [-0.1, -0.05) is 23.2 Å². The second kappa shape index (κ2) is 6.47. The minimum atomic E-state index is -1.05. The van der Waals surface area contributed by atoms with Crippen LogP contribution in [-0.2, 0) is 6.42 Å². The maximum atomic E-state index is 10.6. The number of amides is 1. The van der Waals surface area contributed by atoms with E-state index in [0.717, 1.165) is 5.56 Å². The van der Waals surface area contributed by atoms with Crippen molar-refractivity contribution in [2.24, 2.45) is 0 Å². The Balaban J connectivity index is 2.62. The Hall–Kier alpha value is -1.26. The van der Waals surface area contributed by atoms with Crippen LogP contribution in [0.15, 0.2) is 12.1 Å². The summed E-state index contributed by atoms with van der Waals surface area (Å²) in [5, 5.41) is 11.5. The predicted molar refractivity (Wildman–Crippen MR) is 66.2 cm³/mol. The van der Waals surface area contributed by atoms with Gasteiger partial charge in [0.25, 0.3) is 0 Å². The number of nitrogens with one attached hydrogen (secondary N) is 1. The Morgan fingerprint density at radius 1 is 1.35 bits per heavy atom. The van der Waals surface area contributed by atoms with E-state index >= 15 is 0 Å². The van der Waals surface area contributed by atoms with Crippen molar-refractivity contribution in [3.05, 3.63) is 33.3 Å². The third-order valence-corrected chi connectivity index (χ3v) is 2.87. The zero-order valence-electron chi connectivity index (χ0n) is 8.87. The molecule has 0 fully saturated rings. The fraction of sp³-hybridized carbons (Fsp3) is 0.273. The van der Waals surface area contributed by atoms with Crippen molar-refractivity contribution < 1.29 is 14.7 Å². The van der Waals surface area contributed by atoms with Crippen molar-refractivity contribution in [3.8, 4) is 0 Å². The second-order valence-electron chi connectivity index (χ2n) is 3.42. The third-order valence-electron chi connectivity index (χ3n) is 2.19. The molecule has 6 heteroatoms. The average Bonchev–Trinajstić information content (AvgIpc) is 2.28. The molecule has 1 aromatic rings. The maximum absolute atomic E-state index is 10.6. The van der Waals surface area contributed by atoms with E-state index in [1.165, 1.54) is 6.07 Å². The maximum Gasteiger partial charge on any atom is 0.404 e. The first-order valence-corrected chi connectivity index (χ1v) is 5.70. The molecule has 0 saturated carbocycles. The van der Waals surface area contributed by atoms with Crippen LogP contribution in [0.2, 0.25) is 10.0 Å². The third kappa shape index (κ3) is 4.24. The van der Waals surface area contributed by atoms with Crippen molar-refractivity contribution >= 4 is 35.6 Å². The highest BCUT2D eigenvalue weighted by Crippen LogP contribution is 2.25. The topological polar surface area (TPSA) is 66.4 Å². The van der Waals surface area contributed by atoms with E-state index in [4.69, 9.17) is 28.3 Å². The normalized spacial score (nSPS) is 10.0. The van der Waals surface area contributed by atoms with Crippen LogP contribution >= 0.6 is 23.2 Å². The molecule has 0 unspecified atom stereocenters. The van der Waals surface area contributed by atoms with Crippen LogP contribution in [0.5, 0.6) is 0 Å². The molecule has 0 saturated heterocycles. The van der Waals surface area contributed by atoms with Crippen LogP contribution in [0.1, 0.15) is 22.3 Å². The van der Waals surface area contributed by atoms with Gasteiger partial charge < -0.3 is 10.4 Å². The van der Waals surface area contributed by atoms with Crippen LogP contribution in [-0.4, -0.2) is 24.0 Å². The van der Waals surface area contributed by atoms with Crippen molar-refractivity contribution in [2.45, 2.75) is 12.8 Å². The molecule has 17 heavy (non-hydrogen) atoms. The van der Waals surface area contributed by atoms with E-state index in [1.54, 1.807) is 6.07 Å². The molecule has 4 nitrogen and oxygen atoms in total. The molecule has 0 heterocycles. The highest BCUT2D eigenvalue weighted by atomic mass is 35.5. The molecular formula is C11H11Cl2NO3. The zero-order chi connectivity index (χ0) is 12.8. The number of halogens is 2. The lowest BCUT2D eigenvalue weighted by Crippen LogP contribution is -2.22. The van der Waals surface area contributed by atoms with Gasteiger partial charge >= 0.3 is 6.09 Å². The summed E-state index contributed by atoms with van der Waals surface area (Å²) in [7, 11) is 0. The van der Waals surface area contributed by atoms with Crippen LogP contribution in [0, 0.1) is 0 Å². The van der Waals surface area contributed by atoms with Crippen LogP contribution in [0.25, 0.3) is 0 Å². The van der Waals surface area contributed by atoms with Crippen LogP contribution in [0.4, 0.5) is 4.79 Å². The van der Waals surface area contributed by atoms with Gasteiger partial charge in [0.2, 0.25) is 0 Å². The molecule has 1 amide bonds. The number of hydrogen-bond acceptors (Lipinski definition) is 2. The van der Waals surface area contributed by atoms with Gasteiger partial charge in [-0.3, -0.25) is 4.79 Å². The SMILES string of the molecule is O=Cc1cc(Cl)c(CCCNC(=O)O)cc1Cl. The number of carbonyl (C=O) groups excluding carboxylic acids is 1. The molecule has 0 spiro atoms. The quantitative estimate of drug-likeness (QED) is 0.641. The van der Waals surface area contributed by atoms with Gasteiger partial charge in [0.1, 0.15) is 0 Å². The Kier molecular flexibility index (Phi) is 5.25. The van der Waals surface area contributed by atoms with Crippen molar-refractivity contribution in [3.63, 3.8) is 0 Å². The summed E-state index contributed by atoms with van der Waals surface area (Å²) in [4.78, 5) is 20.8. The van der Waals surface area contributed by atoms with Gasteiger partial charge in [0.05, 0.1) is 5.02 Å². The fourth-order valence-corrected chi connectivity index (χ4v) is 1.86. The molecule has 0 atom stereocenters. The summed E-state index contributed by atoms with van der Waals surface area (Å²) < 4.78 is 0. The number of hydrogen-bond donors (Lipinski definition) is 2. The van der Waals surface area contributed by atoms with Gasteiger partial charge in [0.15, 0.2) is 6.29 Å². The lowest BCUT2D eigenvalue weighted by molar-refractivity contribution is 0.112. The first-order valence-electron chi connectivity index (χ1n) is 4.94. The minimum Gasteiger partial charge on any atom is -0.465 e. The van der Waals surface area contributed by atoms with Gasteiger partial charge in [-0.15, -0.1) is 0 Å². The fourth-order valence-electron chi connectivity index (χ4n) is 1.36. The van der Waals surface area contributed by atoms with E-state index < -0.39 is 6.09 Å². The number of carboxylic acid groups (broad SMARTS) is 1. The number of rotatable bonds is 5. The second-order valence-corrected chi connectivity index (χ2v) is 4.23. The van der Waals surface area contributed by atoms with Crippen molar-refractivity contribution in [1.29, 1.82) is 0 Å². The first kappa shape index (κ1) is 13.8. The summed E-state index contributed by atoms with van der Waals surface area (Å²) >= 11 is 11.8. The Morgan fingerprint density at radius 3 is 2.65 bits per heavy atom. The molecular weight excluding hydrogens is 265 g/mol. The highest BCUT2D eigenvalue weighted by molar-refractivity contribution is 6.35. The van der Waals surface area contributed by atoms with Gasteiger partial charge in [-0.25, -0.2) is 4.79 Å². The molecule has 92 valence electrons. The standard InChI is InChI=1S/C11H11Cl2NO3/c12-9-5-8(6-15)10(13)4-7(9)2-1-3-14-11(16)17/h4-6,14H,1-3H2,(H,16,17). The monoisotopic (exact) mass is 275 g/mol. The van der Waals surface area contributed by atoms with E-state index in [1.807, 2.05) is 0 Å². The summed E-state index contributed by atoms with van der Waals surface area (Å²) in [5.41, 5.74) is 1.15. The van der Waals surface area contributed by atoms with E-state index in [-0.39, 0.29) is 0 Å².